The molecule has 0 spiro atoms. The Morgan fingerprint density at radius 1 is 0.927 bits per heavy atom. The summed E-state index contributed by atoms with van der Waals surface area (Å²) in [4.78, 5) is 28.3. The lowest BCUT2D eigenvalue weighted by Gasteiger charge is -2.32. The van der Waals surface area contributed by atoms with Gasteiger partial charge in [0, 0.05) is 38.7 Å². The summed E-state index contributed by atoms with van der Waals surface area (Å²) in [5, 5.41) is 3.81. The van der Waals surface area contributed by atoms with Gasteiger partial charge < -0.3 is 10.2 Å². The van der Waals surface area contributed by atoms with Gasteiger partial charge in [0.25, 0.3) is 10.0 Å². The summed E-state index contributed by atoms with van der Waals surface area (Å²) >= 11 is 25.3. The molecule has 1 atom stereocenters. The fourth-order valence-corrected chi connectivity index (χ4v) is 6.45. The molecule has 0 aliphatic rings. The van der Waals surface area contributed by atoms with Crippen molar-refractivity contribution in [1.29, 1.82) is 0 Å². The second-order valence-electron chi connectivity index (χ2n) is 9.49. The van der Waals surface area contributed by atoms with E-state index in [0.29, 0.717) is 22.2 Å². The molecule has 0 aliphatic carbocycles. The first-order valence-electron chi connectivity index (χ1n) is 12.9. The summed E-state index contributed by atoms with van der Waals surface area (Å²) in [5.74, 6) is -1.06. The van der Waals surface area contributed by atoms with E-state index in [1.807, 2.05) is 13.8 Å². The van der Waals surface area contributed by atoms with E-state index in [1.54, 1.807) is 37.3 Å². The van der Waals surface area contributed by atoms with Crippen LogP contribution in [0.25, 0.3) is 0 Å². The van der Waals surface area contributed by atoms with Gasteiger partial charge in [-0.25, -0.2) is 8.42 Å². The lowest BCUT2D eigenvalue weighted by atomic mass is 10.1. The van der Waals surface area contributed by atoms with E-state index in [9.17, 15) is 18.0 Å². The number of benzene rings is 3. The minimum Gasteiger partial charge on any atom is -0.354 e. The average Bonchev–Trinajstić information content (AvgIpc) is 2.90. The molecule has 0 aromatic heterocycles. The van der Waals surface area contributed by atoms with Crippen molar-refractivity contribution >= 4 is 73.9 Å². The third-order valence-electron chi connectivity index (χ3n) is 6.41. The van der Waals surface area contributed by atoms with Gasteiger partial charge >= 0.3 is 0 Å². The number of halogens is 4. The van der Waals surface area contributed by atoms with E-state index < -0.39 is 34.4 Å². The van der Waals surface area contributed by atoms with Crippen LogP contribution in [-0.4, -0.2) is 44.3 Å². The fourth-order valence-electron chi connectivity index (χ4n) is 4.02. The van der Waals surface area contributed by atoms with Gasteiger partial charge in [-0.15, -0.1) is 0 Å². The first kappa shape index (κ1) is 33.0. The Labute approximate surface area is 261 Å². The van der Waals surface area contributed by atoms with Crippen molar-refractivity contribution < 1.29 is 18.0 Å². The van der Waals surface area contributed by atoms with Crippen molar-refractivity contribution in [2.75, 3.05) is 17.4 Å². The third kappa shape index (κ3) is 8.52. The molecular formula is C29H31Cl4N3O4S. The lowest BCUT2D eigenvalue weighted by molar-refractivity contribution is -0.139. The number of anilines is 1. The quantitative estimate of drug-likeness (QED) is 0.210. The van der Waals surface area contributed by atoms with Crippen LogP contribution in [0.15, 0.2) is 65.6 Å². The Kier molecular flexibility index (Phi) is 11.8. The maximum Gasteiger partial charge on any atom is 0.264 e. The standard InChI is InChI=1S/C29H31Cl4N3O4S/c1-4-5-13-34-29(38)20(3)35(17-25-26(32)7-6-8-27(25)33)28(37)18-36(23-15-21(30)14-22(31)16-23)41(39,40)24-11-9-19(2)10-12-24/h6-12,14-16,20H,4-5,13,17-18H2,1-3H3,(H,34,38). The van der Waals surface area contributed by atoms with Crippen LogP contribution < -0.4 is 9.62 Å². The Balaban J connectivity index is 2.07. The molecule has 0 aliphatic heterocycles. The highest BCUT2D eigenvalue weighted by molar-refractivity contribution is 7.92. The molecule has 3 aromatic carbocycles. The molecule has 0 saturated carbocycles. The van der Waals surface area contributed by atoms with Crippen molar-refractivity contribution in [3.05, 3.63) is 91.9 Å². The maximum atomic E-state index is 14.0. The van der Waals surface area contributed by atoms with E-state index >= 15 is 0 Å². The van der Waals surface area contributed by atoms with Gasteiger partial charge in [-0.1, -0.05) is 83.5 Å². The van der Waals surface area contributed by atoms with Crippen molar-refractivity contribution in [2.24, 2.45) is 0 Å². The molecule has 2 amide bonds. The number of rotatable bonds is 12. The number of nitrogens with zero attached hydrogens (tertiary/aromatic N) is 2. The van der Waals surface area contributed by atoms with Gasteiger partial charge in [0.05, 0.1) is 10.6 Å². The number of carbonyl (C=O) groups is 2. The smallest absolute Gasteiger partial charge is 0.264 e. The van der Waals surface area contributed by atoms with Crippen LogP contribution in [-0.2, 0) is 26.2 Å². The summed E-state index contributed by atoms with van der Waals surface area (Å²) < 4.78 is 28.8. The molecule has 0 fully saturated rings. The number of hydrogen-bond acceptors (Lipinski definition) is 4. The molecule has 41 heavy (non-hydrogen) atoms. The van der Waals surface area contributed by atoms with Crippen molar-refractivity contribution in [3.8, 4) is 0 Å². The molecule has 220 valence electrons. The Morgan fingerprint density at radius 2 is 1.51 bits per heavy atom. The molecular weight excluding hydrogens is 628 g/mol. The second kappa shape index (κ2) is 14.6. The summed E-state index contributed by atoms with van der Waals surface area (Å²) in [6, 6.07) is 14.4. The van der Waals surface area contributed by atoms with Crippen LogP contribution in [0.4, 0.5) is 5.69 Å². The van der Waals surface area contributed by atoms with Gasteiger partial charge in [-0.3, -0.25) is 13.9 Å². The number of unbranched alkanes of at least 4 members (excludes halogenated alkanes) is 1. The van der Waals surface area contributed by atoms with Gasteiger partial charge in [-0.2, -0.15) is 0 Å². The van der Waals surface area contributed by atoms with Crippen LogP contribution in [0, 0.1) is 6.92 Å². The number of nitrogens with one attached hydrogen (secondary N) is 1. The highest BCUT2D eigenvalue weighted by Gasteiger charge is 2.33. The molecule has 0 heterocycles. The monoisotopic (exact) mass is 657 g/mol. The Hall–Kier alpha value is -2.49. The predicted octanol–water partition coefficient (Wildman–Crippen LogP) is 7.14. The molecule has 0 bridgehead atoms. The minimum atomic E-state index is -4.27. The summed E-state index contributed by atoms with van der Waals surface area (Å²) in [6.45, 7) is 5.05. The van der Waals surface area contributed by atoms with Crippen LogP contribution in [0.1, 0.15) is 37.8 Å². The number of amides is 2. The highest BCUT2D eigenvalue weighted by Crippen LogP contribution is 2.31. The Morgan fingerprint density at radius 3 is 2.07 bits per heavy atom. The molecule has 3 rings (SSSR count). The number of carbonyl (C=O) groups excluding carboxylic acids is 2. The van der Waals surface area contributed by atoms with Crippen molar-refractivity contribution in [2.45, 2.75) is 51.1 Å². The second-order valence-corrected chi connectivity index (χ2v) is 13.0. The van der Waals surface area contributed by atoms with E-state index in [-0.39, 0.29) is 27.2 Å². The molecule has 0 radical (unpaired) electrons. The molecule has 1 N–H and O–H groups in total. The fraction of sp³-hybridized carbons (Fsp3) is 0.310. The number of hydrogen-bond donors (Lipinski definition) is 1. The van der Waals surface area contributed by atoms with Gasteiger partial charge in [-0.05, 0) is 62.7 Å². The number of aryl methyl sites for hydroxylation is 1. The predicted molar refractivity (Wildman–Crippen MR) is 167 cm³/mol. The maximum absolute atomic E-state index is 14.0. The Bertz CT molecular complexity index is 1460. The van der Waals surface area contributed by atoms with E-state index in [2.05, 4.69) is 5.32 Å². The van der Waals surface area contributed by atoms with Crippen LogP contribution in [0.3, 0.4) is 0 Å². The summed E-state index contributed by atoms with van der Waals surface area (Å²) in [5.41, 5.74) is 1.38. The zero-order valence-corrected chi connectivity index (χ0v) is 26.7. The van der Waals surface area contributed by atoms with E-state index in [0.717, 1.165) is 22.7 Å². The zero-order chi connectivity index (χ0) is 30.3. The average molecular weight is 659 g/mol. The molecule has 12 heteroatoms. The van der Waals surface area contributed by atoms with Crippen LogP contribution in [0.2, 0.25) is 20.1 Å². The molecule has 7 nitrogen and oxygen atoms in total. The van der Waals surface area contributed by atoms with E-state index in [4.69, 9.17) is 46.4 Å². The SMILES string of the molecule is CCCCNC(=O)C(C)N(Cc1c(Cl)cccc1Cl)C(=O)CN(c1cc(Cl)cc(Cl)c1)S(=O)(=O)c1ccc(C)cc1. The summed E-state index contributed by atoms with van der Waals surface area (Å²) in [6.07, 6.45) is 1.64. The van der Waals surface area contributed by atoms with Crippen LogP contribution >= 0.6 is 46.4 Å². The van der Waals surface area contributed by atoms with Crippen LogP contribution in [0.5, 0.6) is 0 Å². The molecule has 3 aromatic rings. The van der Waals surface area contributed by atoms with E-state index in [1.165, 1.54) is 35.2 Å². The minimum absolute atomic E-state index is 0.0296. The van der Waals surface area contributed by atoms with Crippen molar-refractivity contribution in [3.63, 3.8) is 0 Å². The van der Waals surface area contributed by atoms with Gasteiger partial charge in [0.15, 0.2) is 0 Å². The highest BCUT2D eigenvalue weighted by atomic mass is 35.5. The van der Waals surface area contributed by atoms with Crippen molar-refractivity contribution in [1.82, 2.24) is 10.2 Å². The number of sulfonamides is 1. The zero-order valence-electron chi connectivity index (χ0n) is 22.8. The third-order valence-corrected chi connectivity index (χ3v) is 9.34. The molecule has 0 saturated heterocycles. The largest absolute Gasteiger partial charge is 0.354 e. The summed E-state index contributed by atoms with van der Waals surface area (Å²) in [7, 11) is -4.27. The molecule has 1 unspecified atom stereocenters. The van der Waals surface area contributed by atoms with Gasteiger partial charge in [0.1, 0.15) is 12.6 Å². The first-order chi connectivity index (χ1) is 19.3. The lowest BCUT2D eigenvalue weighted by Crippen LogP contribution is -2.51. The first-order valence-corrected chi connectivity index (χ1v) is 15.9. The topological polar surface area (TPSA) is 86.8 Å². The van der Waals surface area contributed by atoms with Gasteiger partial charge in [0.2, 0.25) is 11.8 Å². The normalized spacial score (nSPS) is 12.1.